The topological polar surface area (TPSA) is 53.4 Å². The lowest BCUT2D eigenvalue weighted by Crippen LogP contribution is -2.22. The molecule has 0 saturated heterocycles. The summed E-state index contributed by atoms with van der Waals surface area (Å²) < 4.78 is 0. The predicted octanol–water partition coefficient (Wildman–Crippen LogP) is 1.30. The number of rotatable bonds is 4. The van der Waals surface area contributed by atoms with Gasteiger partial charge in [-0.25, -0.2) is 4.98 Å². The molecular formula is C10H14N2O2. The van der Waals surface area contributed by atoms with E-state index in [1.807, 2.05) is 37.1 Å². The van der Waals surface area contributed by atoms with Gasteiger partial charge < -0.3 is 10.0 Å². The van der Waals surface area contributed by atoms with Crippen LogP contribution in [0.2, 0.25) is 0 Å². The lowest BCUT2D eigenvalue weighted by molar-refractivity contribution is -0.136. The quantitative estimate of drug-likeness (QED) is 0.785. The summed E-state index contributed by atoms with van der Waals surface area (Å²) in [5.41, 5.74) is 0.935. The Balaban J connectivity index is 2.60. The fourth-order valence-corrected chi connectivity index (χ4v) is 1.12. The molecule has 0 spiro atoms. The van der Waals surface area contributed by atoms with Crippen molar-refractivity contribution in [2.24, 2.45) is 0 Å². The SMILES string of the molecule is Cc1cccc(N(C)CCC(=O)O)n1. The number of carbonyl (C=O) groups is 1. The first kappa shape index (κ1) is 10.5. The molecule has 4 heteroatoms. The van der Waals surface area contributed by atoms with Crippen LogP contribution in [0.3, 0.4) is 0 Å². The van der Waals surface area contributed by atoms with E-state index in [2.05, 4.69) is 4.98 Å². The Hall–Kier alpha value is -1.58. The average Bonchev–Trinajstić information content (AvgIpc) is 2.14. The first-order valence-electron chi connectivity index (χ1n) is 4.46. The minimum Gasteiger partial charge on any atom is -0.481 e. The second-order valence-corrected chi connectivity index (χ2v) is 3.20. The summed E-state index contributed by atoms with van der Waals surface area (Å²) in [6, 6.07) is 5.69. The molecule has 76 valence electrons. The van der Waals surface area contributed by atoms with E-state index >= 15 is 0 Å². The zero-order valence-electron chi connectivity index (χ0n) is 8.40. The molecule has 0 atom stereocenters. The molecule has 0 unspecified atom stereocenters. The number of pyridine rings is 1. The Morgan fingerprint density at radius 2 is 2.29 bits per heavy atom. The summed E-state index contributed by atoms with van der Waals surface area (Å²) >= 11 is 0. The fraction of sp³-hybridized carbons (Fsp3) is 0.400. The van der Waals surface area contributed by atoms with Crippen molar-refractivity contribution in [3.63, 3.8) is 0 Å². The van der Waals surface area contributed by atoms with E-state index in [1.165, 1.54) is 0 Å². The van der Waals surface area contributed by atoms with Crippen LogP contribution in [0.1, 0.15) is 12.1 Å². The second kappa shape index (κ2) is 4.60. The number of aromatic nitrogens is 1. The van der Waals surface area contributed by atoms with Crippen LogP contribution in [0, 0.1) is 6.92 Å². The Morgan fingerprint density at radius 3 is 2.86 bits per heavy atom. The highest BCUT2D eigenvalue weighted by Crippen LogP contribution is 2.09. The van der Waals surface area contributed by atoms with Crippen LogP contribution in [-0.2, 0) is 4.79 Å². The van der Waals surface area contributed by atoms with Crippen LogP contribution >= 0.6 is 0 Å². The molecule has 0 aliphatic carbocycles. The third-order valence-corrected chi connectivity index (χ3v) is 1.93. The molecule has 0 aromatic carbocycles. The van der Waals surface area contributed by atoms with E-state index in [0.717, 1.165) is 11.5 Å². The molecular weight excluding hydrogens is 180 g/mol. The largest absolute Gasteiger partial charge is 0.481 e. The van der Waals surface area contributed by atoms with Crippen LogP contribution < -0.4 is 4.90 Å². The van der Waals surface area contributed by atoms with E-state index in [0.29, 0.717) is 6.54 Å². The Labute approximate surface area is 83.2 Å². The molecule has 1 heterocycles. The van der Waals surface area contributed by atoms with Gasteiger partial charge in [-0.3, -0.25) is 4.79 Å². The molecule has 0 fully saturated rings. The number of aliphatic carboxylic acids is 1. The molecule has 1 aromatic heterocycles. The number of hydrogen-bond acceptors (Lipinski definition) is 3. The molecule has 1 aromatic rings. The van der Waals surface area contributed by atoms with Gasteiger partial charge in [0.25, 0.3) is 0 Å². The maximum absolute atomic E-state index is 10.4. The monoisotopic (exact) mass is 194 g/mol. The number of carboxylic acids is 1. The maximum Gasteiger partial charge on any atom is 0.305 e. The first-order valence-corrected chi connectivity index (χ1v) is 4.46. The summed E-state index contributed by atoms with van der Waals surface area (Å²) in [4.78, 5) is 16.5. The van der Waals surface area contributed by atoms with Crippen molar-refractivity contribution >= 4 is 11.8 Å². The smallest absolute Gasteiger partial charge is 0.305 e. The molecule has 0 amide bonds. The van der Waals surface area contributed by atoms with Crippen molar-refractivity contribution in [2.45, 2.75) is 13.3 Å². The van der Waals surface area contributed by atoms with E-state index < -0.39 is 5.97 Å². The van der Waals surface area contributed by atoms with Gasteiger partial charge in [0, 0.05) is 19.3 Å². The van der Waals surface area contributed by atoms with Crippen LogP contribution in [-0.4, -0.2) is 29.7 Å². The molecule has 0 radical (unpaired) electrons. The van der Waals surface area contributed by atoms with Crippen molar-refractivity contribution in [2.75, 3.05) is 18.5 Å². The van der Waals surface area contributed by atoms with Crippen molar-refractivity contribution in [3.05, 3.63) is 23.9 Å². The number of nitrogens with zero attached hydrogens (tertiary/aromatic N) is 2. The molecule has 0 bridgehead atoms. The molecule has 4 nitrogen and oxygen atoms in total. The Morgan fingerprint density at radius 1 is 1.57 bits per heavy atom. The summed E-state index contributed by atoms with van der Waals surface area (Å²) in [7, 11) is 1.84. The molecule has 0 aliphatic heterocycles. The zero-order valence-corrected chi connectivity index (χ0v) is 8.40. The van der Waals surface area contributed by atoms with E-state index in [9.17, 15) is 4.79 Å². The van der Waals surface area contributed by atoms with Crippen molar-refractivity contribution in [1.82, 2.24) is 4.98 Å². The van der Waals surface area contributed by atoms with Crippen molar-refractivity contribution < 1.29 is 9.90 Å². The number of aryl methyl sites for hydroxylation is 1. The summed E-state index contributed by atoms with van der Waals surface area (Å²) in [6.07, 6.45) is 0.131. The Kier molecular flexibility index (Phi) is 3.45. The third-order valence-electron chi connectivity index (χ3n) is 1.93. The second-order valence-electron chi connectivity index (χ2n) is 3.20. The van der Waals surface area contributed by atoms with Gasteiger partial charge in [-0.1, -0.05) is 6.07 Å². The maximum atomic E-state index is 10.4. The highest BCUT2D eigenvalue weighted by atomic mass is 16.4. The highest BCUT2D eigenvalue weighted by Gasteiger charge is 2.04. The minimum absolute atomic E-state index is 0.131. The first-order chi connectivity index (χ1) is 6.59. The van der Waals surface area contributed by atoms with Gasteiger partial charge in [0.15, 0.2) is 0 Å². The van der Waals surface area contributed by atoms with E-state index in [-0.39, 0.29) is 6.42 Å². The van der Waals surface area contributed by atoms with E-state index in [4.69, 9.17) is 5.11 Å². The molecule has 1 N–H and O–H groups in total. The molecule has 0 aliphatic rings. The molecule has 14 heavy (non-hydrogen) atoms. The lowest BCUT2D eigenvalue weighted by atomic mass is 10.3. The van der Waals surface area contributed by atoms with Crippen molar-refractivity contribution in [1.29, 1.82) is 0 Å². The average molecular weight is 194 g/mol. The third kappa shape index (κ3) is 3.05. The number of anilines is 1. The zero-order chi connectivity index (χ0) is 10.6. The summed E-state index contributed by atoms with van der Waals surface area (Å²) in [5.74, 6) is 0.0238. The van der Waals surface area contributed by atoms with Crippen LogP contribution in [0.4, 0.5) is 5.82 Å². The van der Waals surface area contributed by atoms with Gasteiger partial charge in [0.2, 0.25) is 0 Å². The predicted molar refractivity (Wildman–Crippen MR) is 54.5 cm³/mol. The molecule has 1 rings (SSSR count). The van der Waals surface area contributed by atoms with E-state index in [1.54, 1.807) is 0 Å². The lowest BCUT2D eigenvalue weighted by Gasteiger charge is -2.16. The van der Waals surface area contributed by atoms with Gasteiger partial charge in [0.1, 0.15) is 5.82 Å². The van der Waals surface area contributed by atoms with Gasteiger partial charge in [-0.05, 0) is 19.1 Å². The summed E-state index contributed by atoms with van der Waals surface area (Å²) in [5, 5.41) is 8.52. The summed E-state index contributed by atoms with van der Waals surface area (Å²) in [6.45, 7) is 2.39. The number of hydrogen-bond donors (Lipinski definition) is 1. The van der Waals surface area contributed by atoms with Crippen LogP contribution in [0.15, 0.2) is 18.2 Å². The highest BCUT2D eigenvalue weighted by molar-refractivity contribution is 5.67. The van der Waals surface area contributed by atoms with Crippen molar-refractivity contribution in [3.8, 4) is 0 Å². The Bertz CT molecular complexity index is 326. The van der Waals surface area contributed by atoms with Gasteiger partial charge in [-0.15, -0.1) is 0 Å². The van der Waals surface area contributed by atoms with Crippen LogP contribution in [0.5, 0.6) is 0 Å². The van der Waals surface area contributed by atoms with Gasteiger partial charge in [-0.2, -0.15) is 0 Å². The normalized spacial score (nSPS) is 9.86. The van der Waals surface area contributed by atoms with Crippen LogP contribution in [0.25, 0.3) is 0 Å². The molecule has 0 saturated carbocycles. The standard InChI is InChI=1S/C10H14N2O2/c1-8-4-3-5-9(11-8)12(2)7-6-10(13)14/h3-5H,6-7H2,1-2H3,(H,13,14). The van der Waals surface area contributed by atoms with Gasteiger partial charge in [0.05, 0.1) is 6.42 Å². The number of carboxylic acid groups (broad SMARTS) is 1. The fourth-order valence-electron chi connectivity index (χ4n) is 1.12. The minimum atomic E-state index is -0.787. The van der Waals surface area contributed by atoms with Gasteiger partial charge >= 0.3 is 5.97 Å².